The monoisotopic (exact) mass is 340 g/mol. The van der Waals surface area contributed by atoms with Crippen molar-refractivity contribution in [1.29, 1.82) is 0 Å². The van der Waals surface area contributed by atoms with Gasteiger partial charge in [0.05, 0.1) is 0 Å². The van der Waals surface area contributed by atoms with Crippen LogP contribution in [0.3, 0.4) is 0 Å². The number of rotatable bonds is 3. The fraction of sp³-hybridized carbons (Fsp3) is 0.333. The van der Waals surface area contributed by atoms with Crippen molar-refractivity contribution >= 4 is 38.5 Å². The first-order chi connectivity index (χ1) is 5.74. The molecule has 0 saturated heterocycles. The minimum absolute atomic E-state index is 0.395. The molecule has 0 amide bonds. The number of benzene rings is 1. The molecule has 1 rings (SSSR count). The molecule has 0 bridgehead atoms. The van der Waals surface area contributed by atoms with Crippen LogP contribution in [0.5, 0.6) is 5.75 Å². The van der Waals surface area contributed by atoms with Gasteiger partial charge in [-0.05, 0) is 18.1 Å². The second-order valence-corrected chi connectivity index (χ2v) is 4.76. The third kappa shape index (κ3) is 2.94. The van der Waals surface area contributed by atoms with Crippen LogP contribution in [0.15, 0.2) is 24.3 Å². The number of hydrogen-bond donors (Lipinski definition) is 1. The molecule has 1 N–H and O–H groups in total. The molecule has 1 aromatic carbocycles. The largest absolute Gasteiger partial charge is 0.508 e. The predicted octanol–water partition coefficient (Wildman–Crippen LogP) is 3.13. The van der Waals surface area contributed by atoms with Gasteiger partial charge in [-0.15, -0.1) is 0 Å². The lowest BCUT2D eigenvalue weighted by Gasteiger charge is -2.06. The number of hydrogen-bond acceptors (Lipinski definition) is 1. The summed E-state index contributed by atoms with van der Waals surface area (Å²) in [5.41, 5.74) is 1.01. The number of para-hydroxylation sites is 1. The number of alkyl halides is 2. The lowest BCUT2D eigenvalue weighted by atomic mass is 10.1. The molecule has 1 nitrogen and oxygen atoms in total. The molecule has 1 aromatic rings. The van der Waals surface area contributed by atoms with Crippen LogP contribution >= 0.6 is 38.5 Å². The molecule has 0 fully saturated rings. The highest BCUT2D eigenvalue weighted by Crippen LogP contribution is 2.20. The van der Waals surface area contributed by atoms with E-state index in [9.17, 15) is 5.11 Å². The van der Waals surface area contributed by atoms with Crippen LogP contribution in [0.2, 0.25) is 0 Å². The molecule has 0 saturated carbocycles. The van der Waals surface area contributed by atoms with E-state index in [0.29, 0.717) is 10.6 Å². The Labute approximate surface area is 94.4 Å². The van der Waals surface area contributed by atoms with E-state index in [4.69, 9.17) is 0 Å². The fourth-order valence-electron chi connectivity index (χ4n) is 0.977. The first-order valence-corrected chi connectivity index (χ1v) is 6.15. The molecule has 0 radical (unpaired) electrons. The summed E-state index contributed by atoms with van der Waals surface area (Å²) in [4.78, 5) is 0.450. The van der Waals surface area contributed by atoms with Gasteiger partial charge >= 0.3 is 0 Å². The van der Waals surface area contributed by atoms with Gasteiger partial charge in [-0.3, -0.25) is 0 Å². The zero-order valence-corrected chi connectivity index (χ0v) is 10.2. The van der Waals surface area contributed by atoms with E-state index >= 15 is 0 Å². The summed E-state index contributed by atoms with van der Waals surface area (Å²) < 4.78 is 1.05. The normalized spacial score (nSPS) is 12.8. The Morgan fingerprint density at radius 1 is 1.42 bits per heavy atom. The maximum atomic E-state index is 9.43. The maximum Gasteiger partial charge on any atom is 0.118 e. The van der Waals surface area contributed by atoms with Crippen LogP contribution in [0.25, 0.3) is 0 Å². The molecule has 0 heterocycles. The van der Waals surface area contributed by atoms with E-state index in [0.717, 1.165) is 16.4 Å². The summed E-state index contributed by atoms with van der Waals surface area (Å²) in [7, 11) is 0. The first kappa shape index (κ1) is 10.3. The van der Waals surface area contributed by atoms with Crippen molar-refractivity contribution in [2.45, 2.75) is 11.2 Å². The summed E-state index contributed by atoms with van der Waals surface area (Å²) >= 11 is 5.85. The highest BCUT2D eigenvalue weighted by Gasteiger charge is 2.06. The van der Waals surface area contributed by atoms with Gasteiger partial charge in [0.25, 0.3) is 0 Å². The fourth-order valence-corrected chi connectivity index (χ4v) is 1.64. The molecule has 0 aliphatic carbocycles. The Morgan fingerprint density at radius 2 is 2.08 bits per heavy atom. The van der Waals surface area contributed by atoms with Gasteiger partial charge in [-0.25, -0.2) is 0 Å². The number of aromatic hydroxyl groups is 1. The highest BCUT2D eigenvalue weighted by atomic mass is 127. The summed E-state index contributed by atoms with van der Waals surface area (Å²) in [6, 6.07) is 7.46. The summed E-state index contributed by atoms with van der Waals surface area (Å²) in [5.74, 6) is 0.395. The van der Waals surface area contributed by atoms with E-state index in [1.807, 2.05) is 18.2 Å². The van der Waals surface area contributed by atoms with Gasteiger partial charge in [-0.2, -0.15) is 0 Å². The van der Waals surface area contributed by atoms with Crippen molar-refractivity contribution in [3.8, 4) is 5.75 Å². The number of phenols is 1. The number of halogens is 2. The topological polar surface area (TPSA) is 20.2 Å². The second-order valence-electron chi connectivity index (χ2n) is 2.58. The van der Waals surface area contributed by atoms with E-state index in [1.165, 1.54) is 0 Å². The first-order valence-electron chi connectivity index (χ1n) is 3.71. The Balaban J connectivity index is 2.69. The standard InChI is InChI=1S/C9H10BrIO/c10-8(6-11)5-7-3-1-2-4-9(7)12/h1-4,8,12H,5-6H2. The molecule has 0 spiro atoms. The lowest BCUT2D eigenvalue weighted by molar-refractivity contribution is 0.468. The average Bonchev–Trinajstić information content (AvgIpc) is 2.09. The molecule has 0 aliphatic rings. The third-order valence-corrected chi connectivity index (χ3v) is 4.52. The van der Waals surface area contributed by atoms with Crippen LogP contribution < -0.4 is 0 Å². The molecule has 0 aliphatic heterocycles. The Kier molecular flexibility index (Phi) is 4.35. The molecule has 1 unspecified atom stereocenters. The predicted molar refractivity (Wildman–Crippen MR) is 63.4 cm³/mol. The highest BCUT2D eigenvalue weighted by molar-refractivity contribution is 14.1. The van der Waals surface area contributed by atoms with Gasteiger partial charge in [0.1, 0.15) is 5.75 Å². The van der Waals surface area contributed by atoms with Gasteiger partial charge in [0.15, 0.2) is 0 Å². The molecule has 0 aromatic heterocycles. The van der Waals surface area contributed by atoms with Gasteiger partial charge < -0.3 is 5.11 Å². The zero-order chi connectivity index (χ0) is 8.97. The SMILES string of the molecule is Oc1ccccc1CC(Br)CI. The van der Waals surface area contributed by atoms with E-state index in [1.54, 1.807) is 6.07 Å². The summed E-state index contributed by atoms with van der Waals surface area (Å²) in [6.45, 7) is 0. The molecule has 3 heteroatoms. The van der Waals surface area contributed by atoms with Crippen LogP contribution in [-0.2, 0) is 6.42 Å². The van der Waals surface area contributed by atoms with Crippen LogP contribution in [0, 0.1) is 0 Å². The quantitative estimate of drug-likeness (QED) is 0.662. The molecule has 12 heavy (non-hydrogen) atoms. The second kappa shape index (κ2) is 5.07. The Morgan fingerprint density at radius 3 is 2.67 bits per heavy atom. The van der Waals surface area contributed by atoms with E-state index in [-0.39, 0.29) is 0 Å². The van der Waals surface area contributed by atoms with Crippen molar-refractivity contribution in [2.75, 3.05) is 4.43 Å². The zero-order valence-electron chi connectivity index (χ0n) is 6.50. The van der Waals surface area contributed by atoms with Crippen molar-refractivity contribution < 1.29 is 5.11 Å². The van der Waals surface area contributed by atoms with Gasteiger partial charge in [0.2, 0.25) is 0 Å². The van der Waals surface area contributed by atoms with Gasteiger partial charge in [-0.1, -0.05) is 56.7 Å². The van der Waals surface area contributed by atoms with E-state index < -0.39 is 0 Å². The minimum atomic E-state index is 0.395. The summed E-state index contributed by atoms with van der Waals surface area (Å²) in [5, 5.41) is 9.43. The Hall–Kier alpha value is 0.230. The molecular formula is C9H10BrIO. The summed E-state index contributed by atoms with van der Waals surface area (Å²) in [6.07, 6.45) is 0.885. The van der Waals surface area contributed by atoms with Crippen LogP contribution in [-0.4, -0.2) is 14.4 Å². The average molecular weight is 341 g/mol. The van der Waals surface area contributed by atoms with E-state index in [2.05, 4.69) is 38.5 Å². The third-order valence-electron chi connectivity index (χ3n) is 1.60. The number of phenolic OH excluding ortho intramolecular Hbond substituents is 1. The lowest BCUT2D eigenvalue weighted by Crippen LogP contribution is -2.03. The molecule has 1 atom stereocenters. The Bertz CT molecular complexity index is 252. The smallest absolute Gasteiger partial charge is 0.118 e. The molecule has 66 valence electrons. The minimum Gasteiger partial charge on any atom is -0.508 e. The van der Waals surface area contributed by atoms with Crippen LogP contribution in [0.1, 0.15) is 5.56 Å². The van der Waals surface area contributed by atoms with Crippen molar-refractivity contribution in [3.63, 3.8) is 0 Å². The van der Waals surface area contributed by atoms with Crippen molar-refractivity contribution in [1.82, 2.24) is 0 Å². The molecular weight excluding hydrogens is 331 g/mol. The van der Waals surface area contributed by atoms with Crippen molar-refractivity contribution in [2.24, 2.45) is 0 Å². The van der Waals surface area contributed by atoms with Crippen LogP contribution in [0.4, 0.5) is 0 Å². The van der Waals surface area contributed by atoms with Gasteiger partial charge in [0, 0.05) is 9.25 Å². The van der Waals surface area contributed by atoms with Crippen molar-refractivity contribution in [3.05, 3.63) is 29.8 Å². The maximum absolute atomic E-state index is 9.43.